The van der Waals surface area contributed by atoms with Crippen molar-refractivity contribution in [2.24, 2.45) is 17.3 Å². The summed E-state index contributed by atoms with van der Waals surface area (Å²) in [6, 6.07) is 5.37. The second-order valence-corrected chi connectivity index (χ2v) is 12.1. The molecule has 3 aromatic heterocycles. The number of carbonyl (C=O) groups excluding carboxylic acids is 2. The van der Waals surface area contributed by atoms with Crippen LogP contribution >= 0.6 is 0 Å². The van der Waals surface area contributed by atoms with Gasteiger partial charge in [-0.1, -0.05) is 13.8 Å². The van der Waals surface area contributed by atoms with E-state index in [2.05, 4.69) is 15.4 Å². The van der Waals surface area contributed by atoms with Crippen molar-refractivity contribution >= 4 is 28.2 Å². The van der Waals surface area contributed by atoms with E-state index < -0.39 is 17.4 Å². The fraction of sp³-hybridized carbons (Fsp3) is 0.448. The SMILES string of the molecule is CC1(C)C2C(=O)N(Cc3cc4c(-c5cc(C(F)(F)F)cc6ccn(CC7(F)CCNCC7)c56)ncnn4c3)C(=O)C21. The molecule has 12 heteroatoms. The van der Waals surface area contributed by atoms with Crippen LogP contribution < -0.4 is 5.32 Å². The minimum absolute atomic E-state index is 0.00202. The van der Waals surface area contributed by atoms with Gasteiger partial charge in [0.2, 0.25) is 11.8 Å². The van der Waals surface area contributed by atoms with Crippen LogP contribution in [0.25, 0.3) is 27.7 Å². The number of nitrogens with zero attached hydrogens (tertiary/aromatic N) is 5. The zero-order valence-corrected chi connectivity index (χ0v) is 22.5. The standard InChI is InChI=1S/C29H28F4N6O2/c1-27(2)21-22(27)26(41)38(25(21)40)12-16-9-20-23(35-15-36-39(20)13-16)19-11-18(29(31,32)33)10-17-3-8-37(24(17)19)14-28(30)4-6-34-7-5-28/h3,8-11,13,15,21-22,34H,4-7,12,14H2,1-2H3. The third kappa shape index (κ3) is 4.05. The van der Waals surface area contributed by atoms with Gasteiger partial charge in [0.05, 0.1) is 47.2 Å². The van der Waals surface area contributed by atoms with E-state index in [1.807, 2.05) is 13.8 Å². The highest BCUT2D eigenvalue weighted by Crippen LogP contribution is 2.63. The van der Waals surface area contributed by atoms with Gasteiger partial charge < -0.3 is 9.88 Å². The molecule has 1 saturated carbocycles. The highest BCUT2D eigenvalue weighted by molar-refractivity contribution is 6.10. The van der Waals surface area contributed by atoms with Crippen LogP contribution in [0.4, 0.5) is 17.6 Å². The summed E-state index contributed by atoms with van der Waals surface area (Å²) in [7, 11) is 0. The van der Waals surface area contributed by atoms with Crippen molar-refractivity contribution in [3.63, 3.8) is 0 Å². The largest absolute Gasteiger partial charge is 0.416 e. The molecule has 2 amide bonds. The van der Waals surface area contributed by atoms with E-state index in [1.54, 1.807) is 29.1 Å². The van der Waals surface area contributed by atoms with Gasteiger partial charge in [-0.15, -0.1) is 0 Å². The van der Waals surface area contributed by atoms with Gasteiger partial charge >= 0.3 is 6.18 Å². The number of amides is 2. The summed E-state index contributed by atoms with van der Waals surface area (Å²) >= 11 is 0. The van der Waals surface area contributed by atoms with Gasteiger partial charge in [0.15, 0.2) is 0 Å². The smallest absolute Gasteiger partial charge is 0.344 e. The molecule has 214 valence electrons. The van der Waals surface area contributed by atoms with Crippen LogP contribution in [-0.4, -0.2) is 54.6 Å². The average Bonchev–Trinajstić information content (AvgIpc) is 3.26. The van der Waals surface area contributed by atoms with Crippen molar-refractivity contribution in [2.75, 3.05) is 13.1 Å². The van der Waals surface area contributed by atoms with Gasteiger partial charge in [0.25, 0.3) is 0 Å². The summed E-state index contributed by atoms with van der Waals surface area (Å²) in [6.07, 6.45) is 0.509. The summed E-state index contributed by atoms with van der Waals surface area (Å²) in [5.41, 5.74) is -0.762. The van der Waals surface area contributed by atoms with E-state index in [4.69, 9.17) is 0 Å². The molecular weight excluding hydrogens is 540 g/mol. The third-order valence-electron chi connectivity index (χ3n) is 9.09. The van der Waals surface area contributed by atoms with Crippen LogP contribution in [0.15, 0.2) is 43.0 Å². The molecule has 1 aliphatic carbocycles. The molecule has 5 heterocycles. The molecule has 2 atom stereocenters. The number of likely N-dealkylation sites (tertiary alicyclic amines) is 1. The number of rotatable bonds is 5. The molecule has 3 aliphatic rings. The maximum atomic E-state index is 15.7. The van der Waals surface area contributed by atoms with Crippen molar-refractivity contribution in [1.29, 1.82) is 0 Å². The Morgan fingerprint density at radius 1 is 1.07 bits per heavy atom. The first-order valence-electron chi connectivity index (χ1n) is 13.6. The minimum Gasteiger partial charge on any atom is -0.344 e. The molecule has 2 aliphatic heterocycles. The number of piperidine rings is 2. The van der Waals surface area contributed by atoms with Crippen LogP contribution in [0.1, 0.15) is 37.8 Å². The number of benzene rings is 1. The first-order chi connectivity index (χ1) is 19.4. The Morgan fingerprint density at radius 2 is 1.78 bits per heavy atom. The molecular formula is C29H28F4N6O2. The molecule has 41 heavy (non-hydrogen) atoms. The molecule has 0 bridgehead atoms. The maximum Gasteiger partial charge on any atom is 0.416 e. The number of halogens is 4. The molecule has 4 aromatic rings. The van der Waals surface area contributed by atoms with Crippen LogP contribution in [0.3, 0.4) is 0 Å². The van der Waals surface area contributed by atoms with Gasteiger partial charge in [-0.3, -0.25) is 14.5 Å². The van der Waals surface area contributed by atoms with Crippen molar-refractivity contribution in [3.8, 4) is 11.3 Å². The highest BCUT2D eigenvalue weighted by Gasteiger charge is 2.72. The molecule has 2 unspecified atom stereocenters. The zero-order chi connectivity index (χ0) is 28.9. The summed E-state index contributed by atoms with van der Waals surface area (Å²) < 4.78 is 60.8. The number of fused-ring (bicyclic) bond motifs is 3. The Hall–Kier alpha value is -3.80. The lowest BCUT2D eigenvalue weighted by atomic mass is 9.94. The molecule has 2 saturated heterocycles. The predicted octanol–water partition coefficient (Wildman–Crippen LogP) is 4.60. The van der Waals surface area contributed by atoms with Gasteiger partial charge in [-0.2, -0.15) is 18.3 Å². The molecule has 1 N–H and O–H groups in total. The maximum absolute atomic E-state index is 15.7. The van der Waals surface area contributed by atoms with E-state index in [1.165, 1.54) is 15.7 Å². The molecule has 0 radical (unpaired) electrons. The van der Waals surface area contributed by atoms with Crippen molar-refractivity contribution in [2.45, 2.75) is 51.6 Å². The lowest BCUT2D eigenvalue weighted by Crippen LogP contribution is -2.41. The number of imide groups is 1. The lowest BCUT2D eigenvalue weighted by molar-refractivity contribution is -0.144. The first-order valence-corrected chi connectivity index (χ1v) is 13.6. The molecule has 8 nitrogen and oxygen atoms in total. The molecule has 1 aromatic carbocycles. The third-order valence-corrected chi connectivity index (χ3v) is 9.09. The summed E-state index contributed by atoms with van der Waals surface area (Å²) in [5.74, 6) is -1.04. The van der Waals surface area contributed by atoms with Crippen LogP contribution in [0.2, 0.25) is 0 Å². The number of hydrogen-bond acceptors (Lipinski definition) is 5. The number of aromatic nitrogens is 4. The van der Waals surface area contributed by atoms with Crippen LogP contribution in [-0.2, 0) is 28.9 Å². The van der Waals surface area contributed by atoms with E-state index in [-0.39, 0.29) is 53.4 Å². The molecule has 0 spiro atoms. The topological polar surface area (TPSA) is 84.5 Å². The monoisotopic (exact) mass is 568 g/mol. The number of carbonyl (C=O) groups is 2. The van der Waals surface area contributed by atoms with Crippen molar-refractivity contribution < 1.29 is 27.2 Å². The quantitative estimate of drug-likeness (QED) is 0.281. The minimum atomic E-state index is -4.61. The van der Waals surface area contributed by atoms with E-state index >= 15 is 4.39 Å². The molecule has 3 fully saturated rings. The Labute approximate surface area is 232 Å². The normalized spacial score (nSPS) is 23.5. The zero-order valence-electron chi connectivity index (χ0n) is 22.5. The van der Waals surface area contributed by atoms with Gasteiger partial charge in [0, 0.05) is 23.3 Å². The van der Waals surface area contributed by atoms with E-state index in [0.29, 0.717) is 47.9 Å². The lowest BCUT2D eigenvalue weighted by Gasteiger charge is -2.31. The average molecular weight is 569 g/mol. The molecule has 7 rings (SSSR count). The Morgan fingerprint density at radius 3 is 2.46 bits per heavy atom. The second-order valence-electron chi connectivity index (χ2n) is 12.1. The van der Waals surface area contributed by atoms with E-state index in [0.717, 1.165) is 12.1 Å². The van der Waals surface area contributed by atoms with Crippen LogP contribution in [0.5, 0.6) is 0 Å². The second kappa shape index (κ2) is 8.60. The number of nitrogens with one attached hydrogen (secondary N) is 1. The van der Waals surface area contributed by atoms with Crippen molar-refractivity contribution in [3.05, 3.63) is 54.1 Å². The summed E-state index contributed by atoms with van der Waals surface area (Å²) in [4.78, 5) is 31.4. The highest BCUT2D eigenvalue weighted by atomic mass is 19.4. The Balaban J connectivity index is 1.32. The predicted molar refractivity (Wildman–Crippen MR) is 141 cm³/mol. The van der Waals surface area contributed by atoms with Gasteiger partial charge in [-0.05, 0) is 61.2 Å². The van der Waals surface area contributed by atoms with Gasteiger partial charge in [-0.25, -0.2) is 13.9 Å². The number of alkyl halides is 4. The Kier molecular flexibility index (Phi) is 5.48. The van der Waals surface area contributed by atoms with Gasteiger partial charge in [0.1, 0.15) is 12.0 Å². The summed E-state index contributed by atoms with van der Waals surface area (Å²) in [5, 5.41) is 7.70. The fourth-order valence-electron chi connectivity index (χ4n) is 6.78. The first kappa shape index (κ1) is 26.1. The summed E-state index contributed by atoms with van der Waals surface area (Å²) in [6.45, 7) is 4.91. The Bertz CT molecular complexity index is 1710. The fourth-order valence-corrected chi connectivity index (χ4v) is 6.78. The number of hydrogen-bond donors (Lipinski definition) is 1. The van der Waals surface area contributed by atoms with Crippen LogP contribution in [0, 0.1) is 17.3 Å². The van der Waals surface area contributed by atoms with Crippen molar-refractivity contribution in [1.82, 2.24) is 29.4 Å². The van der Waals surface area contributed by atoms with E-state index in [9.17, 15) is 22.8 Å².